The van der Waals surface area contributed by atoms with E-state index in [1.54, 1.807) is 6.07 Å². The summed E-state index contributed by atoms with van der Waals surface area (Å²) in [6.45, 7) is 0. The number of rotatable bonds is 3. The molecule has 4 aromatic rings. The Labute approximate surface area is 156 Å². The van der Waals surface area contributed by atoms with Crippen LogP contribution in [0.2, 0.25) is 5.02 Å². The van der Waals surface area contributed by atoms with Crippen molar-refractivity contribution in [1.29, 1.82) is 0 Å². The minimum absolute atomic E-state index is 0.0799. The summed E-state index contributed by atoms with van der Waals surface area (Å²) in [6.07, 6.45) is 0. The van der Waals surface area contributed by atoms with Gasteiger partial charge in [0.2, 0.25) is 0 Å². The molecule has 26 heavy (non-hydrogen) atoms. The first kappa shape index (κ1) is 16.4. The molecule has 0 spiro atoms. The van der Waals surface area contributed by atoms with Gasteiger partial charge in [-0.3, -0.25) is 0 Å². The molecule has 3 aromatic carbocycles. The summed E-state index contributed by atoms with van der Waals surface area (Å²) in [4.78, 5) is 9.30. The van der Waals surface area contributed by atoms with E-state index in [1.165, 1.54) is 12.1 Å². The Balaban J connectivity index is 1.92. The molecule has 4 heteroatoms. The fourth-order valence-electron chi connectivity index (χ4n) is 2.73. The molecule has 0 unspecified atom stereocenters. The third-order valence-electron chi connectivity index (χ3n) is 4.04. The van der Waals surface area contributed by atoms with Gasteiger partial charge in [0.1, 0.15) is 5.82 Å². The average Bonchev–Trinajstić information content (AvgIpc) is 2.71. The molecule has 2 nitrogen and oxygen atoms in total. The van der Waals surface area contributed by atoms with Gasteiger partial charge in [-0.05, 0) is 24.3 Å². The molecule has 0 radical (unpaired) electrons. The van der Waals surface area contributed by atoms with E-state index in [0.717, 1.165) is 22.5 Å². The van der Waals surface area contributed by atoms with Crippen molar-refractivity contribution in [3.63, 3.8) is 0 Å². The first-order valence-electron chi connectivity index (χ1n) is 8.16. The number of benzene rings is 3. The van der Waals surface area contributed by atoms with Gasteiger partial charge in [0.15, 0.2) is 5.82 Å². The van der Waals surface area contributed by atoms with E-state index in [0.29, 0.717) is 11.4 Å². The lowest BCUT2D eigenvalue weighted by atomic mass is 10.1. The van der Waals surface area contributed by atoms with Crippen molar-refractivity contribution in [2.24, 2.45) is 0 Å². The smallest absolute Gasteiger partial charge is 0.160 e. The Morgan fingerprint density at radius 1 is 0.615 bits per heavy atom. The highest BCUT2D eigenvalue weighted by Gasteiger charge is 2.11. The molecular formula is C22H14ClFN2. The van der Waals surface area contributed by atoms with Gasteiger partial charge in [-0.25, -0.2) is 14.4 Å². The summed E-state index contributed by atoms with van der Waals surface area (Å²) in [5, 5.41) is 0.0799. The number of aromatic nitrogens is 2. The largest absolute Gasteiger partial charge is 0.228 e. The second kappa shape index (κ2) is 7.06. The topological polar surface area (TPSA) is 25.8 Å². The maximum Gasteiger partial charge on any atom is 0.160 e. The van der Waals surface area contributed by atoms with Crippen molar-refractivity contribution >= 4 is 11.6 Å². The van der Waals surface area contributed by atoms with E-state index in [9.17, 15) is 4.39 Å². The average molecular weight is 361 g/mol. The number of nitrogens with zero attached hydrogens (tertiary/aromatic N) is 2. The maximum atomic E-state index is 13.9. The van der Waals surface area contributed by atoms with Gasteiger partial charge >= 0.3 is 0 Å². The lowest BCUT2D eigenvalue weighted by Gasteiger charge is -2.09. The molecular weight excluding hydrogens is 347 g/mol. The standard InChI is InChI=1S/C22H14ClFN2/c23-18-12-11-17(13-19(18)24)22-25-20(15-7-3-1-4-8-15)14-21(26-22)16-9-5-2-6-10-16/h1-14H. The fraction of sp³-hybridized carbons (Fsp3) is 0. The summed E-state index contributed by atoms with van der Waals surface area (Å²) in [7, 11) is 0. The van der Waals surface area contributed by atoms with Crippen LogP contribution >= 0.6 is 11.6 Å². The second-order valence-corrected chi connectivity index (χ2v) is 6.23. The molecule has 0 atom stereocenters. The predicted octanol–water partition coefficient (Wildman–Crippen LogP) is 6.27. The molecule has 0 amide bonds. The molecule has 0 aliphatic rings. The zero-order valence-electron chi connectivity index (χ0n) is 13.7. The van der Waals surface area contributed by atoms with Crippen LogP contribution < -0.4 is 0 Å². The van der Waals surface area contributed by atoms with E-state index in [2.05, 4.69) is 9.97 Å². The molecule has 0 bridgehead atoms. The van der Waals surface area contributed by atoms with Crippen molar-refractivity contribution in [2.75, 3.05) is 0 Å². The second-order valence-electron chi connectivity index (χ2n) is 5.82. The molecule has 126 valence electrons. The highest BCUT2D eigenvalue weighted by molar-refractivity contribution is 6.30. The molecule has 0 saturated carbocycles. The van der Waals surface area contributed by atoms with Crippen LogP contribution in [-0.4, -0.2) is 9.97 Å². The Bertz CT molecular complexity index is 992. The van der Waals surface area contributed by atoms with Crippen molar-refractivity contribution in [1.82, 2.24) is 9.97 Å². The fourth-order valence-corrected chi connectivity index (χ4v) is 2.84. The Kier molecular flexibility index (Phi) is 4.46. The monoisotopic (exact) mass is 360 g/mol. The van der Waals surface area contributed by atoms with Gasteiger partial charge in [-0.15, -0.1) is 0 Å². The summed E-state index contributed by atoms with van der Waals surface area (Å²) >= 11 is 5.81. The molecule has 0 aliphatic carbocycles. The molecule has 1 aromatic heterocycles. The van der Waals surface area contributed by atoms with Gasteiger partial charge in [-0.1, -0.05) is 72.3 Å². The zero-order chi connectivity index (χ0) is 17.9. The van der Waals surface area contributed by atoms with E-state index in [1.807, 2.05) is 66.7 Å². The van der Waals surface area contributed by atoms with Crippen LogP contribution in [0.4, 0.5) is 4.39 Å². The minimum atomic E-state index is -0.487. The summed E-state index contributed by atoms with van der Waals surface area (Å²) in [5.74, 6) is -0.0279. The van der Waals surface area contributed by atoms with E-state index < -0.39 is 5.82 Å². The summed E-state index contributed by atoms with van der Waals surface area (Å²) < 4.78 is 13.9. The van der Waals surface area contributed by atoms with Crippen LogP contribution in [0, 0.1) is 5.82 Å². The van der Waals surface area contributed by atoms with Gasteiger partial charge in [0.25, 0.3) is 0 Å². The third kappa shape index (κ3) is 3.35. The van der Waals surface area contributed by atoms with Crippen molar-refractivity contribution in [3.8, 4) is 33.9 Å². The van der Waals surface area contributed by atoms with Crippen LogP contribution in [0.5, 0.6) is 0 Å². The first-order valence-corrected chi connectivity index (χ1v) is 8.54. The lowest BCUT2D eigenvalue weighted by molar-refractivity contribution is 0.628. The van der Waals surface area contributed by atoms with E-state index in [4.69, 9.17) is 11.6 Å². The van der Waals surface area contributed by atoms with Crippen LogP contribution in [-0.2, 0) is 0 Å². The minimum Gasteiger partial charge on any atom is -0.228 e. The number of hydrogen-bond acceptors (Lipinski definition) is 2. The van der Waals surface area contributed by atoms with E-state index >= 15 is 0 Å². The van der Waals surface area contributed by atoms with Crippen molar-refractivity contribution < 1.29 is 4.39 Å². The molecule has 0 aliphatic heterocycles. The van der Waals surface area contributed by atoms with Gasteiger partial charge in [0, 0.05) is 16.7 Å². The zero-order valence-corrected chi connectivity index (χ0v) is 14.5. The van der Waals surface area contributed by atoms with Crippen LogP contribution in [0.1, 0.15) is 0 Å². The number of hydrogen-bond donors (Lipinski definition) is 0. The Morgan fingerprint density at radius 3 is 1.65 bits per heavy atom. The van der Waals surface area contributed by atoms with Crippen LogP contribution in [0.15, 0.2) is 84.9 Å². The highest BCUT2D eigenvalue weighted by Crippen LogP contribution is 2.28. The van der Waals surface area contributed by atoms with Crippen molar-refractivity contribution in [3.05, 3.63) is 95.8 Å². The molecule has 0 N–H and O–H groups in total. The van der Waals surface area contributed by atoms with E-state index in [-0.39, 0.29) is 5.02 Å². The van der Waals surface area contributed by atoms with Gasteiger partial charge in [0.05, 0.1) is 16.4 Å². The lowest BCUT2D eigenvalue weighted by Crippen LogP contribution is -1.96. The highest BCUT2D eigenvalue weighted by atomic mass is 35.5. The summed E-state index contributed by atoms with van der Waals surface area (Å²) in [5.41, 5.74) is 4.10. The van der Waals surface area contributed by atoms with Crippen LogP contribution in [0.3, 0.4) is 0 Å². The predicted molar refractivity (Wildman–Crippen MR) is 103 cm³/mol. The molecule has 0 saturated heterocycles. The van der Waals surface area contributed by atoms with Crippen LogP contribution in [0.25, 0.3) is 33.9 Å². The van der Waals surface area contributed by atoms with Gasteiger partial charge in [-0.2, -0.15) is 0 Å². The SMILES string of the molecule is Fc1cc(-c2nc(-c3ccccc3)cc(-c3ccccc3)n2)ccc1Cl. The third-order valence-corrected chi connectivity index (χ3v) is 4.35. The normalized spacial score (nSPS) is 10.7. The van der Waals surface area contributed by atoms with Crippen molar-refractivity contribution in [2.45, 2.75) is 0 Å². The molecule has 1 heterocycles. The molecule has 0 fully saturated rings. The number of halogens is 2. The summed E-state index contributed by atoms with van der Waals surface area (Å²) in [6, 6.07) is 26.3. The Morgan fingerprint density at radius 2 is 1.15 bits per heavy atom. The van der Waals surface area contributed by atoms with Gasteiger partial charge < -0.3 is 0 Å². The quantitative estimate of drug-likeness (QED) is 0.430. The Hall–Kier alpha value is -3.04. The maximum absolute atomic E-state index is 13.9. The molecule has 4 rings (SSSR count). The first-order chi connectivity index (χ1) is 12.7.